The molecule has 0 aliphatic carbocycles. The van der Waals surface area contributed by atoms with Crippen LogP contribution in [0.4, 0.5) is 0 Å². The van der Waals surface area contributed by atoms with E-state index in [2.05, 4.69) is 25.6 Å². The van der Waals surface area contributed by atoms with Gasteiger partial charge in [0.1, 0.15) is 0 Å². The molecule has 0 spiro atoms. The minimum Gasteiger partial charge on any atom is -0.481 e. The fourth-order valence-electron chi connectivity index (χ4n) is 3.03. The first kappa shape index (κ1) is 22.1. The Morgan fingerprint density at radius 1 is 1.03 bits per heavy atom. The van der Waals surface area contributed by atoms with E-state index in [1.54, 1.807) is 30.6 Å². The van der Waals surface area contributed by atoms with E-state index >= 15 is 0 Å². The summed E-state index contributed by atoms with van der Waals surface area (Å²) in [6, 6.07) is 16.9. The smallest absolute Gasteiger partial charge is 0.303 e. The van der Waals surface area contributed by atoms with Gasteiger partial charge in [-0.25, -0.2) is 8.42 Å². The van der Waals surface area contributed by atoms with Crippen LogP contribution in [0.15, 0.2) is 82.4 Å². The van der Waals surface area contributed by atoms with Gasteiger partial charge in [-0.15, -0.1) is 0 Å². The Morgan fingerprint density at radius 2 is 1.73 bits per heavy atom. The Hall–Kier alpha value is -2.55. The van der Waals surface area contributed by atoms with Gasteiger partial charge in [0, 0.05) is 23.3 Å². The lowest BCUT2D eigenvalue weighted by Gasteiger charge is -2.20. The van der Waals surface area contributed by atoms with Crippen LogP contribution in [0.25, 0.3) is 0 Å². The van der Waals surface area contributed by atoms with E-state index < -0.39 is 22.0 Å². The molecule has 0 aliphatic rings. The lowest BCUT2D eigenvalue weighted by molar-refractivity contribution is -0.137. The summed E-state index contributed by atoms with van der Waals surface area (Å²) in [5.74, 6) is -0.814. The fourth-order valence-corrected chi connectivity index (χ4v) is 4.51. The summed E-state index contributed by atoms with van der Waals surface area (Å²) in [7, 11) is -3.77. The summed E-state index contributed by atoms with van der Waals surface area (Å²) in [5, 5.41) is 8.78. The first-order valence-corrected chi connectivity index (χ1v) is 11.6. The number of aromatic nitrogens is 1. The van der Waals surface area contributed by atoms with Crippen molar-refractivity contribution in [3.63, 3.8) is 0 Å². The molecule has 2 N–H and O–H groups in total. The average molecular weight is 489 g/mol. The van der Waals surface area contributed by atoms with Gasteiger partial charge in [-0.05, 0) is 59.9 Å². The molecule has 0 aliphatic heterocycles. The number of hydrogen-bond acceptors (Lipinski definition) is 4. The van der Waals surface area contributed by atoms with E-state index in [9.17, 15) is 13.2 Å². The number of aryl methyl sites for hydroxylation is 1. The normalized spacial score (nSPS) is 12.4. The molecule has 0 bridgehead atoms. The minimum absolute atomic E-state index is 0.118. The van der Waals surface area contributed by atoms with E-state index in [0.29, 0.717) is 12.8 Å². The molecule has 3 rings (SSSR count). The number of nitrogens with zero attached hydrogens (tertiary/aromatic N) is 1. The largest absolute Gasteiger partial charge is 0.481 e. The Kier molecular flexibility index (Phi) is 7.36. The molecule has 30 heavy (non-hydrogen) atoms. The number of aliphatic carboxylic acids is 1. The van der Waals surface area contributed by atoms with Gasteiger partial charge in [0.2, 0.25) is 10.0 Å². The Labute approximate surface area is 184 Å². The molecule has 156 valence electrons. The monoisotopic (exact) mass is 488 g/mol. The van der Waals surface area contributed by atoms with Gasteiger partial charge in [-0.3, -0.25) is 9.78 Å². The molecule has 0 saturated heterocycles. The second kappa shape index (κ2) is 9.97. The number of sulfonamides is 1. The number of pyridine rings is 1. The van der Waals surface area contributed by atoms with Gasteiger partial charge in [0.05, 0.1) is 10.9 Å². The van der Waals surface area contributed by atoms with Crippen LogP contribution in [-0.2, 0) is 21.2 Å². The van der Waals surface area contributed by atoms with Crippen LogP contribution in [-0.4, -0.2) is 24.5 Å². The summed E-state index contributed by atoms with van der Waals surface area (Å²) in [5.41, 5.74) is 2.49. The Morgan fingerprint density at radius 3 is 2.33 bits per heavy atom. The first-order valence-electron chi connectivity index (χ1n) is 9.33. The number of carboxylic acids is 1. The maximum atomic E-state index is 13.0. The highest BCUT2D eigenvalue weighted by Gasteiger charge is 2.23. The van der Waals surface area contributed by atoms with Crippen molar-refractivity contribution in [2.75, 3.05) is 0 Å². The van der Waals surface area contributed by atoms with Crippen molar-refractivity contribution in [1.29, 1.82) is 0 Å². The summed E-state index contributed by atoms with van der Waals surface area (Å²) in [4.78, 5) is 15.0. The first-order chi connectivity index (χ1) is 14.3. The van der Waals surface area contributed by atoms with Crippen molar-refractivity contribution in [3.05, 3.63) is 94.2 Å². The third-order valence-electron chi connectivity index (χ3n) is 4.58. The third kappa shape index (κ3) is 5.98. The van der Waals surface area contributed by atoms with Crippen molar-refractivity contribution in [2.45, 2.75) is 30.2 Å². The van der Waals surface area contributed by atoms with E-state index in [1.165, 1.54) is 12.1 Å². The van der Waals surface area contributed by atoms with Crippen LogP contribution in [0, 0.1) is 0 Å². The van der Waals surface area contributed by atoms with Crippen LogP contribution in [0.1, 0.15) is 35.6 Å². The Balaban J connectivity index is 1.86. The van der Waals surface area contributed by atoms with Crippen LogP contribution in [0.5, 0.6) is 0 Å². The minimum atomic E-state index is -3.77. The fraction of sp³-hybridized carbons (Fsp3) is 0.182. The van der Waals surface area contributed by atoms with Gasteiger partial charge >= 0.3 is 5.97 Å². The number of rotatable bonds is 9. The molecule has 0 fully saturated rings. The van der Waals surface area contributed by atoms with Crippen LogP contribution in [0.3, 0.4) is 0 Å². The van der Waals surface area contributed by atoms with E-state index in [0.717, 1.165) is 21.2 Å². The van der Waals surface area contributed by atoms with Gasteiger partial charge < -0.3 is 5.11 Å². The number of carboxylic acid groups (broad SMARTS) is 1. The number of halogens is 1. The molecular formula is C22H21BrN2O4S. The summed E-state index contributed by atoms with van der Waals surface area (Å²) < 4.78 is 29.5. The lowest BCUT2D eigenvalue weighted by Crippen LogP contribution is -2.29. The molecule has 2 aromatic carbocycles. The number of hydrogen-bond donors (Lipinski definition) is 2. The van der Waals surface area contributed by atoms with Gasteiger partial charge in [0.25, 0.3) is 0 Å². The van der Waals surface area contributed by atoms with Gasteiger partial charge in [-0.2, -0.15) is 4.72 Å². The molecule has 0 amide bonds. The van der Waals surface area contributed by atoms with Crippen LogP contribution in [0.2, 0.25) is 0 Å². The van der Waals surface area contributed by atoms with Crippen molar-refractivity contribution in [2.24, 2.45) is 0 Å². The second-order valence-corrected chi connectivity index (χ2v) is 9.41. The van der Waals surface area contributed by atoms with E-state index in [1.807, 2.05) is 30.3 Å². The average Bonchev–Trinajstić information content (AvgIpc) is 2.73. The van der Waals surface area contributed by atoms with E-state index in [-0.39, 0.29) is 11.3 Å². The number of carbonyl (C=O) groups is 1. The number of nitrogens with one attached hydrogen (secondary N) is 1. The molecule has 3 aromatic rings. The van der Waals surface area contributed by atoms with Crippen LogP contribution >= 0.6 is 15.9 Å². The molecule has 1 heterocycles. The quantitative estimate of drug-likeness (QED) is 0.467. The standard InChI is InChI=1S/C22H21BrN2O4S/c23-19-10-12-20(13-11-19)30(28,29)25-22(18-4-2-14-24-15-18)17-8-6-16(7-9-17)3-1-5-21(26)27/h2,4,6-15,22,25H,1,3,5H2,(H,26,27). The molecular weight excluding hydrogens is 468 g/mol. The zero-order chi connectivity index (χ0) is 21.6. The maximum Gasteiger partial charge on any atom is 0.303 e. The summed E-state index contributed by atoms with van der Waals surface area (Å²) in [6.07, 6.45) is 4.59. The van der Waals surface area contributed by atoms with Crippen molar-refractivity contribution >= 4 is 31.9 Å². The third-order valence-corrected chi connectivity index (χ3v) is 6.55. The SMILES string of the molecule is O=C(O)CCCc1ccc(C(NS(=O)(=O)c2ccc(Br)cc2)c2cccnc2)cc1. The zero-order valence-electron chi connectivity index (χ0n) is 16.0. The topological polar surface area (TPSA) is 96.4 Å². The molecule has 1 unspecified atom stereocenters. The van der Waals surface area contributed by atoms with Crippen molar-refractivity contribution in [1.82, 2.24) is 9.71 Å². The Bertz CT molecular complexity index is 1090. The molecule has 1 aromatic heterocycles. The second-order valence-electron chi connectivity index (χ2n) is 6.78. The molecule has 0 radical (unpaired) electrons. The zero-order valence-corrected chi connectivity index (χ0v) is 18.4. The molecule has 0 saturated carbocycles. The van der Waals surface area contributed by atoms with Crippen LogP contribution < -0.4 is 4.72 Å². The predicted molar refractivity (Wildman–Crippen MR) is 118 cm³/mol. The molecule has 1 atom stereocenters. The maximum absolute atomic E-state index is 13.0. The van der Waals surface area contributed by atoms with Crippen molar-refractivity contribution in [3.8, 4) is 0 Å². The summed E-state index contributed by atoms with van der Waals surface area (Å²) >= 11 is 3.31. The summed E-state index contributed by atoms with van der Waals surface area (Å²) in [6.45, 7) is 0. The van der Waals surface area contributed by atoms with Crippen molar-refractivity contribution < 1.29 is 18.3 Å². The van der Waals surface area contributed by atoms with E-state index in [4.69, 9.17) is 5.11 Å². The highest BCUT2D eigenvalue weighted by atomic mass is 79.9. The van der Waals surface area contributed by atoms with Gasteiger partial charge in [0.15, 0.2) is 0 Å². The number of benzene rings is 2. The highest BCUT2D eigenvalue weighted by Crippen LogP contribution is 2.25. The lowest BCUT2D eigenvalue weighted by atomic mass is 9.98. The highest BCUT2D eigenvalue weighted by molar-refractivity contribution is 9.10. The molecule has 8 heteroatoms. The molecule has 6 nitrogen and oxygen atoms in total. The van der Waals surface area contributed by atoms with Gasteiger partial charge in [-0.1, -0.05) is 46.3 Å². The predicted octanol–water partition coefficient (Wildman–Crippen LogP) is 4.32.